The van der Waals surface area contributed by atoms with E-state index < -0.39 is 0 Å². The number of ketones is 1. The van der Waals surface area contributed by atoms with Crippen molar-refractivity contribution in [3.8, 4) is 0 Å². The van der Waals surface area contributed by atoms with Gasteiger partial charge in [0.2, 0.25) is 0 Å². The van der Waals surface area contributed by atoms with Crippen molar-refractivity contribution < 1.29 is 4.79 Å². The van der Waals surface area contributed by atoms with E-state index in [0.717, 1.165) is 12.0 Å². The monoisotopic (exact) mass is 174 g/mol. The van der Waals surface area contributed by atoms with E-state index in [0.29, 0.717) is 11.7 Å². The zero-order valence-corrected chi connectivity index (χ0v) is 8.08. The molecular weight excluding hydrogens is 160 g/mol. The zero-order valence-electron chi connectivity index (χ0n) is 8.08. The van der Waals surface area contributed by atoms with Crippen LogP contribution in [0.15, 0.2) is 24.3 Å². The maximum absolute atomic E-state index is 11.8. The largest absolute Gasteiger partial charge is 0.294 e. The second-order valence-electron chi connectivity index (χ2n) is 3.99. The molecule has 0 heterocycles. The molecule has 0 bridgehead atoms. The number of carbonyl (C=O) groups is 1. The Balaban J connectivity index is 2.49. The van der Waals surface area contributed by atoms with Crippen molar-refractivity contribution in [1.82, 2.24) is 0 Å². The number of hydrogen-bond donors (Lipinski definition) is 0. The number of carbonyl (C=O) groups excluding carboxylic acids is 1. The van der Waals surface area contributed by atoms with Crippen LogP contribution in [0.2, 0.25) is 0 Å². The second-order valence-corrected chi connectivity index (χ2v) is 3.99. The molecule has 1 aliphatic rings. The van der Waals surface area contributed by atoms with Crippen molar-refractivity contribution in [1.29, 1.82) is 0 Å². The lowest BCUT2D eigenvalue weighted by atomic mass is 9.77. The van der Waals surface area contributed by atoms with Gasteiger partial charge in [-0.05, 0) is 17.9 Å². The summed E-state index contributed by atoms with van der Waals surface area (Å²) in [5.74, 6) is 0.992. The Kier molecular flexibility index (Phi) is 1.95. The molecule has 0 spiro atoms. The molecular formula is C12H14O. The fourth-order valence-corrected chi connectivity index (χ4v) is 1.97. The van der Waals surface area contributed by atoms with Gasteiger partial charge in [-0.2, -0.15) is 0 Å². The maximum Gasteiger partial charge on any atom is 0.166 e. The van der Waals surface area contributed by atoms with Crippen LogP contribution in [0.1, 0.15) is 29.8 Å². The van der Waals surface area contributed by atoms with Crippen LogP contribution in [0.4, 0.5) is 0 Å². The van der Waals surface area contributed by atoms with E-state index in [1.807, 2.05) is 25.1 Å². The van der Waals surface area contributed by atoms with Crippen molar-refractivity contribution in [2.45, 2.75) is 20.3 Å². The number of fused-ring (bicyclic) bond motifs is 1. The highest BCUT2D eigenvalue weighted by Gasteiger charge is 2.28. The second kappa shape index (κ2) is 2.99. The normalized spacial score (nSPS) is 27.1. The van der Waals surface area contributed by atoms with E-state index >= 15 is 0 Å². The molecule has 0 aromatic heterocycles. The third-order valence-corrected chi connectivity index (χ3v) is 3.09. The molecule has 1 aliphatic carbocycles. The van der Waals surface area contributed by atoms with Crippen molar-refractivity contribution in [3.05, 3.63) is 35.4 Å². The van der Waals surface area contributed by atoms with E-state index in [1.54, 1.807) is 0 Å². The van der Waals surface area contributed by atoms with Crippen LogP contribution < -0.4 is 0 Å². The Morgan fingerprint density at radius 3 is 2.69 bits per heavy atom. The first-order valence-electron chi connectivity index (χ1n) is 4.82. The van der Waals surface area contributed by atoms with Gasteiger partial charge in [0, 0.05) is 11.5 Å². The molecule has 0 saturated heterocycles. The Labute approximate surface area is 78.8 Å². The van der Waals surface area contributed by atoms with Gasteiger partial charge >= 0.3 is 0 Å². The van der Waals surface area contributed by atoms with Gasteiger partial charge in [-0.3, -0.25) is 4.79 Å². The highest BCUT2D eigenvalue weighted by atomic mass is 16.1. The van der Waals surface area contributed by atoms with Gasteiger partial charge in [-0.1, -0.05) is 38.1 Å². The summed E-state index contributed by atoms with van der Waals surface area (Å²) in [5, 5.41) is 0. The molecule has 0 aliphatic heterocycles. The maximum atomic E-state index is 11.8. The summed E-state index contributed by atoms with van der Waals surface area (Å²) >= 11 is 0. The van der Waals surface area contributed by atoms with Crippen molar-refractivity contribution in [2.75, 3.05) is 0 Å². The van der Waals surface area contributed by atoms with E-state index in [2.05, 4.69) is 13.0 Å². The average molecular weight is 174 g/mol. The summed E-state index contributed by atoms with van der Waals surface area (Å²) in [5.41, 5.74) is 2.16. The number of hydrogen-bond acceptors (Lipinski definition) is 1. The van der Waals surface area contributed by atoms with Crippen molar-refractivity contribution in [3.63, 3.8) is 0 Å². The quantitative estimate of drug-likeness (QED) is 0.591. The van der Waals surface area contributed by atoms with Gasteiger partial charge in [0.25, 0.3) is 0 Å². The van der Waals surface area contributed by atoms with Crippen LogP contribution in [0.5, 0.6) is 0 Å². The molecule has 0 amide bonds. The third kappa shape index (κ3) is 1.28. The lowest BCUT2D eigenvalue weighted by Gasteiger charge is -2.26. The van der Waals surface area contributed by atoms with Crippen LogP contribution >= 0.6 is 0 Å². The first-order valence-corrected chi connectivity index (χ1v) is 4.82. The van der Waals surface area contributed by atoms with Gasteiger partial charge in [-0.15, -0.1) is 0 Å². The SMILES string of the molecule is CC1Cc2ccccc2C(=O)C1C. The fourth-order valence-electron chi connectivity index (χ4n) is 1.97. The molecule has 68 valence electrons. The molecule has 0 radical (unpaired) electrons. The Morgan fingerprint density at radius 1 is 1.23 bits per heavy atom. The molecule has 2 atom stereocenters. The number of rotatable bonds is 0. The molecule has 2 rings (SSSR count). The molecule has 0 saturated carbocycles. The van der Waals surface area contributed by atoms with E-state index in [1.165, 1.54) is 5.56 Å². The number of benzene rings is 1. The topological polar surface area (TPSA) is 17.1 Å². The lowest BCUT2D eigenvalue weighted by molar-refractivity contribution is 0.0877. The molecule has 2 unspecified atom stereocenters. The third-order valence-electron chi connectivity index (χ3n) is 3.09. The first-order chi connectivity index (χ1) is 6.20. The fraction of sp³-hybridized carbons (Fsp3) is 0.417. The predicted molar refractivity (Wildman–Crippen MR) is 52.8 cm³/mol. The summed E-state index contributed by atoms with van der Waals surface area (Å²) in [6, 6.07) is 7.96. The molecule has 0 fully saturated rings. The van der Waals surface area contributed by atoms with Crippen LogP contribution in [0.3, 0.4) is 0 Å². The smallest absolute Gasteiger partial charge is 0.166 e. The van der Waals surface area contributed by atoms with Crippen molar-refractivity contribution in [2.24, 2.45) is 11.8 Å². The van der Waals surface area contributed by atoms with Gasteiger partial charge in [0.1, 0.15) is 0 Å². The first kappa shape index (κ1) is 8.49. The molecule has 1 aromatic rings. The summed E-state index contributed by atoms with van der Waals surface area (Å²) < 4.78 is 0. The Hall–Kier alpha value is -1.11. The van der Waals surface area contributed by atoms with Crippen LogP contribution in [-0.2, 0) is 6.42 Å². The molecule has 1 nitrogen and oxygen atoms in total. The van der Waals surface area contributed by atoms with Crippen LogP contribution in [-0.4, -0.2) is 5.78 Å². The Bertz CT molecular complexity index is 341. The molecule has 13 heavy (non-hydrogen) atoms. The minimum atomic E-state index is 0.190. The van der Waals surface area contributed by atoms with Gasteiger partial charge in [0.05, 0.1) is 0 Å². The molecule has 0 N–H and O–H groups in total. The van der Waals surface area contributed by atoms with Gasteiger partial charge in [-0.25, -0.2) is 0 Å². The van der Waals surface area contributed by atoms with Gasteiger partial charge in [0.15, 0.2) is 5.78 Å². The minimum absolute atomic E-state index is 0.190. The molecule has 1 heteroatoms. The zero-order chi connectivity index (χ0) is 9.42. The summed E-state index contributed by atoms with van der Waals surface area (Å²) in [4.78, 5) is 11.8. The Morgan fingerprint density at radius 2 is 1.92 bits per heavy atom. The minimum Gasteiger partial charge on any atom is -0.294 e. The van der Waals surface area contributed by atoms with E-state index in [4.69, 9.17) is 0 Å². The lowest BCUT2D eigenvalue weighted by Crippen LogP contribution is -2.27. The summed E-state index contributed by atoms with van der Waals surface area (Å²) in [6.45, 7) is 4.18. The number of Topliss-reactive ketones (excluding diaryl/α,β-unsaturated/α-hetero) is 1. The van der Waals surface area contributed by atoms with E-state index in [-0.39, 0.29) is 5.92 Å². The highest BCUT2D eigenvalue weighted by molar-refractivity contribution is 6.00. The van der Waals surface area contributed by atoms with Gasteiger partial charge < -0.3 is 0 Å². The average Bonchev–Trinajstić information content (AvgIpc) is 2.15. The summed E-state index contributed by atoms with van der Waals surface area (Å²) in [7, 11) is 0. The van der Waals surface area contributed by atoms with Crippen LogP contribution in [0, 0.1) is 11.8 Å². The van der Waals surface area contributed by atoms with Crippen molar-refractivity contribution >= 4 is 5.78 Å². The highest BCUT2D eigenvalue weighted by Crippen LogP contribution is 2.29. The van der Waals surface area contributed by atoms with E-state index in [9.17, 15) is 4.79 Å². The predicted octanol–water partition coefficient (Wildman–Crippen LogP) is 2.70. The van der Waals surface area contributed by atoms with Crippen LogP contribution in [0.25, 0.3) is 0 Å². The summed E-state index contributed by atoms with van der Waals surface area (Å²) in [6.07, 6.45) is 1.04. The standard InChI is InChI=1S/C12H14O/c1-8-7-10-5-3-4-6-11(10)12(13)9(8)2/h3-6,8-9H,7H2,1-2H3. The molecule has 1 aromatic carbocycles.